The Kier molecular flexibility index (Phi) is 5.13. The van der Waals surface area contributed by atoms with Gasteiger partial charge >= 0.3 is 6.09 Å². The molecular formula is C17H31N3O3. The molecule has 3 rings (SSSR count). The van der Waals surface area contributed by atoms with E-state index in [1.807, 2.05) is 20.8 Å². The van der Waals surface area contributed by atoms with Gasteiger partial charge < -0.3 is 25.4 Å². The first-order valence-corrected chi connectivity index (χ1v) is 8.99. The van der Waals surface area contributed by atoms with Crippen LogP contribution in [0, 0.1) is 11.8 Å². The molecule has 6 nitrogen and oxygen atoms in total. The van der Waals surface area contributed by atoms with Crippen LogP contribution in [0.4, 0.5) is 4.79 Å². The van der Waals surface area contributed by atoms with Crippen LogP contribution in [0.25, 0.3) is 0 Å². The topological polar surface area (TPSA) is 71.6 Å². The molecular weight excluding hydrogens is 294 g/mol. The maximum absolute atomic E-state index is 12.1. The summed E-state index contributed by atoms with van der Waals surface area (Å²) in [6.45, 7) is 9.70. The van der Waals surface area contributed by atoms with Crippen molar-refractivity contribution in [3.63, 3.8) is 0 Å². The smallest absolute Gasteiger partial charge is 0.407 e. The van der Waals surface area contributed by atoms with E-state index >= 15 is 0 Å². The Morgan fingerprint density at radius 1 is 1.22 bits per heavy atom. The molecule has 132 valence electrons. The third-order valence-electron chi connectivity index (χ3n) is 5.17. The van der Waals surface area contributed by atoms with Gasteiger partial charge in [-0.15, -0.1) is 0 Å². The Morgan fingerprint density at radius 3 is 2.65 bits per heavy atom. The van der Waals surface area contributed by atoms with Crippen molar-refractivity contribution in [3.05, 3.63) is 0 Å². The molecule has 1 aliphatic carbocycles. The van der Waals surface area contributed by atoms with Crippen molar-refractivity contribution in [3.8, 4) is 0 Å². The summed E-state index contributed by atoms with van der Waals surface area (Å²) < 4.78 is 11.3. The lowest BCUT2D eigenvalue weighted by Gasteiger charge is -2.48. The number of nitrogens with one attached hydrogen (secondary N) is 3. The SMILES string of the molecule is CC(C)(C)OC(=O)NC1C2CCOC2C1NCC1CCNCC1. The zero-order chi connectivity index (χ0) is 16.4. The van der Waals surface area contributed by atoms with Crippen LogP contribution in [-0.4, -0.2) is 56.1 Å². The Morgan fingerprint density at radius 2 is 1.96 bits per heavy atom. The number of carbonyl (C=O) groups excluding carboxylic acids is 1. The predicted octanol–water partition coefficient (Wildman–Crippen LogP) is 1.26. The monoisotopic (exact) mass is 325 g/mol. The van der Waals surface area contributed by atoms with Gasteiger partial charge in [0, 0.05) is 12.5 Å². The normalized spacial score (nSPS) is 34.6. The number of alkyl carbamates (subject to hydrolysis) is 1. The highest BCUT2D eigenvalue weighted by Crippen LogP contribution is 2.39. The van der Waals surface area contributed by atoms with Gasteiger partial charge in [-0.1, -0.05) is 0 Å². The summed E-state index contributed by atoms with van der Waals surface area (Å²) in [6.07, 6.45) is 3.40. The zero-order valence-electron chi connectivity index (χ0n) is 14.6. The summed E-state index contributed by atoms with van der Waals surface area (Å²) in [4.78, 5) is 12.1. The molecule has 2 heterocycles. The van der Waals surface area contributed by atoms with E-state index in [2.05, 4.69) is 16.0 Å². The summed E-state index contributed by atoms with van der Waals surface area (Å²) in [5.74, 6) is 1.15. The van der Waals surface area contributed by atoms with Gasteiger partial charge in [0.15, 0.2) is 0 Å². The second-order valence-corrected chi connectivity index (χ2v) is 8.09. The number of hydrogen-bond donors (Lipinski definition) is 3. The van der Waals surface area contributed by atoms with Crippen LogP contribution in [0.1, 0.15) is 40.0 Å². The molecule has 6 heteroatoms. The maximum atomic E-state index is 12.1. The molecule has 3 fully saturated rings. The quantitative estimate of drug-likeness (QED) is 0.726. The van der Waals surface area contributed by atoms with Crippen LogP contribution in [0.3, 0.4) is 0 Å². The highest BCUT2D eigenvalue weighted by Gasteiger charge is 2.54. The van der Waals surface area contributed by atoms with Gasteiger partial charge in [-0.05, 0) is 65.6 Å². The Hall–Kier alpha value is -0.850. The van der Waals surface area contributed by atoms with E-state index in [4.69, 9.17) is 9.47 Å². The van der Waals surface area contributed by atoms with E-state index in [1.165, 1.54) is 12.8 Å². The maximum Gasteiger partial charge on any atom is 0.407 e. The highest BCUT2D eigenvalue weighted by atomic mass is 16.6. The van der Waals surface area contributed by atoms with Gasteiger partial charge in [-0.25, -0.2) is 4.79 Å². The molecule has 1 saturated carbocycles. The van der Waals surface area contributed by atoms with Crippen molar-refractivity contribution >= 4 is 6.09 Å². The Balaban J connectivity index is 1.51. The van der Waals surface area contributed by atoms with Crippen molar-refractivity contribution in [2.75, 3.05) is 26.2 Å². The molecule has 3 aliphatic rings. The first kappa shape index (κ1) is 17.0. The van der Waals surface area contributed by atoms with Crippen molar-refractivity contribution < 1.29 is 14.3 Å². The third-order valence-corrected chi connectivity index (χ3v) is 5.17. The lowest BCUT2D eigenvalue weighted by atomic mass is 9.71. The first-order valence-electron chi connectivity index (χ1n) is 8.99. The molecule has 0 radical (unpaired) electrons. The molecule has 0 spiro atoms. The number of carbonyl (C=O) groups is 1. The molecule has 0 bridgehead atoms. The molecule has 1 amide bonds. The second-order valence-electron chi connectivity index (χ2n) is 8.09. The first-order chi connectivity index (χ1) is 10.9. The average Bonchev–Trinajstić information content (AvgIpc) is 2.89. The Bertz CT molecular complexity index is 418. The van der Waals surface area contributed by atoms with Gasteiger partial charge in [0.1, 0.15) is 5.60 Å². The summed E-state index contributed by atoms with van der Waals surface area (Å²) >= 11 is 0. The van der Waals surface area contributed by atoms with E-state index in [1.54, 1.807) is 0 Å². The van der Waals surface area contributed by atoms with Crippen LogP contribution in [-0.2, 0) is 9.47 Å². The second kappa shape index (κ2) is 6.95. The standard InChI is InChI=1S/C17H31N3O3/c1-17(2,3)23-16(21)20-13-12-6-9-22-15(12)14(13)19-10-11-4-7-18-8-5-11/h11-15,18-19H,4-10H2,1-3H3,(H,20,21). The van der Waals surface area contributed by atoms with Gasteiger partial charge in [0.05, 0.1) is 18.2 Å². The predicted molar refractivity (Wildman–Crippen MR) is 88.4 cm³/mol. The Labute approximate surface area is 139 Å². The molecule has 4 atom stereocenters. The van der Waals surface area contributed by atoms with E-state index in [-0.39, 0.29) is 24.3 Å². The fourth-order valence-electron chi connectivity index (χ4n) is 3.98. The van der Waals surface area contributed by atoms with Crippen LogP contribution in [0.5, 0.6) is 0 Å². The molecule has 3 N–H and O–H groups in total. The van der Waals surface area contributed by atoms with Crippen molar-refractivity contribution in [2.24, 2.45) is 11.8 Å². The van der Waals surface area contributed by atoms with Gasteiger partial charge in [-0.3, -0.25) is 0 Å². The molecule has 0 aromatic rings. The minimum absolute atomic E-state index is 0.124. The average molecular weight is 325 g/mol. The number of hydrogen-bond acceptors (Lipinski definition) is 5. The van der Waals surface area contributed by atoms with Crippen molar-refractivity contribution in [2.45, 2.75) is 63.8 Å². The van der Waals surface area contributed by atoms with Crippen molar-refractivity contribution in [1.29, 1.82) is 0 Å². The fourth-order valence-corrected chi connectivity index (χ4v) is 3.98. The molecule has 0 aromatic heterocycles. The van der Waals surface area contributed by atoms with Crippen LogP contribution in [0.15, 0.2) is 0 Å². The number of piperidine rings is 1. The molecule has 23 heavy (non-hydrogen) atoms. The van der Waals surface area contributed by atoms with E-state index in [9.17, 15) is 4.79 Å². The van der Waals surface area contributed by atoms with E-state index in [0.717, 1.165) is 38.6 Å². The highest BCUT2D eigenvalue weighted by molar-refractivity contribution is 5.68. The molecule has 4 unspecified atom stereocenters. The van der Waals surface area contributed by atoms with Gasteiger partial charge in [0.25, 0.3) is 0 Å². The summed E-state index contributed by atoms with van der Waals surface area (Å²) in [5, 5.41) is 10.1. The van der Waals surface area contributed by atoms with Gasteiger partial charge in [-0.2, -0.15) is 0 Å². The van der Waals surface area contributed by atoms with Gasteiger partial charge in [0.2, 0.25) is 0 Å². The number of fused-ring (bicyclic) bond motifs is 1. The fraction of sp³-hybridized carbons (Fsp3) is 0.941. The number of ether oxygens (including phenoxy) is 2. The van der Waals surface area contributed by atoms with E-state index < -0.39 is 5.60 Å². The van der Waals surface area contributed by atoms with E-state index in [0.29, 0.717) is 5.92 Å². The minimum Gasteiger partial charge on any atom is -0.444 e. The molecule has 2 saturated heterocycles. The lowest BCUT2D eigenvalue weighted by molar-refractivity contribution is -0.0351. The summed E-state index contributed by atoms with van der Waals surface area (Å²) in [7, 11) is 0. The minimum atomic E-state index is -0.461. The van der Waals surface area contributed by atoms with Crippen LogP contribution in [0.2, 0.25) is 0 Å². The largest absolute Gasteiger partial charge is 0.444 e. The van der Waals surface area contributed by atoms with Crippen LogP contribution >= 0.6 is 0 Å². The third kappa shape index (κ3) is 4.17. The molecule has 2 aliphatic heterocycles. The van der Waals surface area contributed by atoms with Crippen LogP contribution < -0.4 is 16.0 Å². The number of rotatable bonds is 4. The lowest BCUT2D eigenvalue weighted by Crippen LogP contribution is -2.70. The number of amides is 1. The van der Waals surface area contributed by atoms with Crippen molar-refractivity contribution in [1.82, 2.24) is 16.0 Å². The molecule has 0 aromatic carbocycles. The summed E-state index contributed by atoms with van der Waals surface area (Å²) in [5.41, 5.74) is -0.461. The summed E-state index contributed by atoms with van der Waals surface area (Å²) in [6, 6.07) is 0.337. The zero-order valence-corrected chi connectivity index (χ0v) is 14.6.